The average Bonchev–Trinajstić information content (AvgIpc) is 2.99. The molecule has 1 aliphatic rings. The molecule has 132 valence electrons. The zero-order valence-electron chi connectivity index (χ0n) is 14.2. The minimum Gasteiger partial charge on any atom is -0.497 e. The molecule has 1 amide bonds. The number of carbonyl (C=O) groups is 1. The molecule has 0 spiro atoms. The first kappa shape index (κ1) is 17.0. The molecule has 0 saturated carbocycles. The number of carbonyl (C=O) groups excluding carboxylic acids is 1. The number of aromatic nitrogens is 2. The Morgan fingerprint density at radius 1 is 1.27 bits per heavy atom. The summed E-state index contributed by atoms with van der Waals surface area (Å²) >= 11 is 7.86. The molecule has 0 fully saturated rings. The van der Waals surface area contributed by atoms with E-state index in [1.54, 1.807) is 47.8 Å². The summed E-state index contributed by atoms with van der Waals surface area (Å²) in [5, 5.41) is 8.05. The maximum absolute atomic E-state index is 12.8. The summed E-state index contributed by atoms with van der Waals surface area (Å²) in [6.07, 6.45) is 0. The van der Waals surface area contributed by atoms with Crippen molar-refractivity contribution in [1.29, 1.82) is 0 Å². The van der Waals surface area contributed by atoms with Crippen LogP contribution >= 0.6 is 23.4 Å². The van der Waals surface area contributed by atoms with Gasteiger partial charge in [0.2, 0.25) is 0 Å². The summed E-state index contributed by atoms with van der Waals surface area (Å²) < 4.78 is 6.89. The van der Waals surface area contributed by atoms with Gasteiger partial charge in [-0.05, 0) is 42.5 Å². The highest BCUT2D eigenvalue weighted by Crippen LogP contribution is 2.43. The largest absolute Gasteiger partial charge is 0.497 e. The van der Waals surface area contributed by atoms with Crippen molar-refractivity contribution in [1.82, 2.24) is 9.78 Å². The molecule has 0 saturated heterocycles. The smallest absolute Gasteiger partial charge is 0.276 e. The molecular weight excluding hydrogens is 370 g/mol. The topological polar surface area (TPSA) is 56.1 Å². The normalized spacial score (nSPS) is 12.3. The molecule has 0 radical (unpaired) electrons. The zero-order chi connectivity index (χ0) is 18.3. The molecule has 3 aromatic rings. The van der Waals surface area contributed by atoms with Crippen molar-refractivity contribution in [2.45, 2.75) is 10.6 Å². The van der Waals surface area contributed by atoms with E-state index in [0.717, 1.165) is 27.5 Å². The lowest BCUT2D eigenvalue weighted by Crippen LogP contribution is -2.14. The van der Waals surface area contributed by atoms with E-state index >= 15 is 0 Å². The Labute approximate surface area is 160 Å². The lowest BCUT2D eigenvalue weighted by Gasteiger charge is -2.17. The molecular formula is C19H16ClN3O2S. The molecule has 2 heterocycles. The van der Waals surface area contributed by atoms with Crippen LogP contribution in [0.25, 0.3) is 11.3 Å². The van der Waals surface area contributed by atoms with Crippen molar-refractivity contribution >= 4 is 35.0 Å². The van der Waals surface area contributed by atoms with Crippen molar-refractivity contribution in [2.75, 3.05) is 12.4 Å². The van der Waals surface area contributed by atoms with Gasteiger partial charge in [0.05, 0.1) is 12.8 Å². The van der Waals surface area contributed by atoms with E-state index < -0.39 is 0 Å². The van der Waals surface area contributed by atoms with Crippen LogP contribution < -0.4 is 10.1 Å². The average molecular weight is 386 g/mol. The zero-order valence-corrected chi connectivity index (χ0v) is 15.8. The molecule has 4 rings (SSSR count). The van der Waals surface area contributed by atoms with Gasteiger partial charge in [-0.25, -0.2) is 0 Å². The molecule has 26 heavy (non-hydrogen) atoms. The van der Waals surface area contributed by atoms with Gasteiger partial charge in [0.25, 0.3) is 5.91 Å². The number of methoxy groups -OCH3 is 1. The lowest BCUT2D eigenvalue weighted by atomic mass is 10.1. The van der Waals surface area contributed by atoms with E-state index in [9.17, 15) is 4.79 Å². The van der Waals surface area contributed by atoms with Gasteiger partial charge >= 0.3 is 0 Å². The second kappa shape index (κ2) is 6.70. The summed E-state index contributed by atoms with van der Waals surface area (Å²) in [5.74, 6) is 1.21. The van der Waals surface area contributed by atoms with Crippen LogP contribution in [-0.2, 0) is 12.8 Å². The number of nitrogens with zero attached hydrogens (tertiary/aromatic N) is 2. The Hall–Kier alpha value is -2.44. The quantitative estimate of drug-likeness (QED) is 0.715. The molecule has 1 aromatic heterocycles. The van der Waals surface area contributed by atoms with E-state index in [1.807, 2.05) is 25.2 Å². The highest BCUT2D eigenvalue weighted by Gasteiger charge is 2.27. The Bertz CT molecular complexity index is 999. The number of amides is 1. The number of aryl methyl sites for hydroxylation is 1. The van der Waals surface area contributed by atoms with Crippen molar-refractivity contribution in [3.8, 4) is 17.0 Å². The van der Waals surface area contributed by atoms with Gasteiger partial charge in [-0.3, -0.25) is 9.48 Å². The maximum atomic E-state index is 12.8. The number of halogens is 1. The number of fused-ring (bicyclic) bond motifs is 3. The van der Waals surface area contributed by atoms with Crippen LogP contribution in [0.1, 0.15) is 16.1 Å². The minimum atomic E-state index is -0.224. The van der Waals surface area contributed by atoms with Gasteiger partial charge in [-0.2, -0.15) is 5.10 Å². The van der Waals surface area contributed by atoms with Crippen LogP contribution in [0.4, 0.5) is 5.69 Å². The number of benzene rings is 2. The van der Waals surface area contributed by atoms with E-state index in [4.69, 9.17) is 16.3 Å². The second-order valence-electron chi connectivity index (χ2n) is 5.91. The van der Waals surface area contributed by atoms with Crippen LogP contribution in [0, 0.1) is 0 Å². The van der Waals surface area contributed by atoms with Crippen molar-refractivity contribution in [3.05, 3.63) is 58.7 Å². The summed E-state index contributed by atoms with van der Waals surface area (Å²) in [5.41, 5.74) is 4.03. The predicted molar refractivity (Wildman–Crippen MR) is 104 cm³/mol. The Morgan fingerprint density at radius 2 is 2.04 bits per heavy atom. The monoisotopic (exact) mass is 385 g/mol. The first-order chi connectivity index (χ1) is 12.6. The van der Waals surface area contributed by atoms with Gasteiger partial charge in [0, 0.05) is 39.5 Å². The number of thioether (sulfide) groups is 1. The van der Waals surface area contributed by atoms with Gasteiger partial charge in [-0.15, -0.1) is 11.8 Å². The number of hydrogen-bond donors (Lipinski definition) is 1. The van der Waals surface area contributed by atoms with Crippen LogP contribution in [0.2, 0.25) is 5.02 Å². The third kappa shape index (κ3) is 2.95. The highest BCUT2D eigenvalue weighted by atomic mass is 35.5. The number of nitrogens with one attached hydrogen (secondary N) is 1. The summed E-state index contributed by atoms with van der Waals surface area (Å²) in [7, 11) is 3.46. The minimum absolute atomic E-state index is 0.224. The van der Waals surface area contributed by atoms with Gasteiger partial charge in [0.15, 0.2) is 5.69 Å². The van der Waals surface area contributed by atoms with E-state index in [0.29, 0.717) is 22.2 Å². The summed E-state index contributed by atoms with van der Waals surface area (Å²) in [4.78, 5) is 13.9. The van der Waals surface area contributed by atoms with E-state index in [-0.39, 0.29) is 5.91 Å². The third-order valence-corrected chi connectivity index (χ3v) is 5.61. The Morgan fingerprint density at radius 3 is 2.77 bits per heavy atom. The van der Waals surface area contributed by atoms with Crippen LogP contribution in [0.5, 0.6) is 5.75 Å². The number of anilines is 1. The summed E-state index contributed by atoms with van der Waals surface area (Å²) in [6, 6.07) is 13.0. The first-order valence-corrected chi connectivity index (χ1v) is 9.37. The van der Waals surface area contributed by atoms with Crippen molar-refractivity contribution in [3.63, 3.8) is 0 Å². The van der Waals surface area contributed by atoms with Gasteiger partial charge in [0.1, 0.15) is 5.75 Å². The van der Waals surface area contributed by atoms with Crippen molar-refractivity contribution in [2.24, 2.45) is 7.05 Å². The van der Waals surface area contributed by atoms with Crippen LogP contribution in [0.15, 0.2) is 47.4 Å². The maximum Gasteiger partial charge on any atom is 0.276 e. The Balaban J connectivity index is 1.68. The van der Waals surface area contributed by atoms with Gasteiger partial charge < -0.3 is 10.1 Å². The molecule has 1 N–H and O–H groups in total. The number of rotatable bonds is 3. The number of hydrogen-bond acceptors (Lipinski definition) is 4. The fourth-order valence-corrected chi connectivity index (χ4v) is 4.27. The lowest BCUT2D eigenvalue weighted by molar-refractivity contribution is 0.102. The molecule has 5 nitrogen and oxygen atoms in total. The second-order valence-corrected chi connectivity index (χ2v) is 7.36. The molecule has 7 heteroatoms. The van der Waals surface area contributed by atoms with Crippen molar-refractivity contribution < 1.29 is 9.53 Å². The van der Waals surface area contributed by atoms with Gasteiger partial charge in [-0.1, -0.05) is 11.6 Å². The molecule has 0 atom stereocenters. The molecule has 0 unspecified atom stereocenters. The molecule has 1 aliphatic heterocycles. The SMILES string of the molecule is COc1ccc(NC(=O)c2nn(C)c3c2CSc2ccc(Cl)cc2-3)cc1. The fourth-order valence-electron chi connectivity index (χ4n) is 3.05. The van der Waals surface area contributed by atoms with E-state index in [2.05, 4.69) is 10.4 Å². The highest BCUT2D eigenvalue weighted by molar-refractivity contribution is 7.98. The third-order valence-electron chi connectivity index (χ3n) is 4.28. The van der Waals surface area contributed by atoms with Crippen LogP contribution in [-0.4, -0.2) is 22.8 Å². The predicted octanol–water partition coefficient (Wildman–Crippen LogP) is 4.61. The first-order valence-electron chi connectivity index (χ1n) is 8.01. The fraction of sp³-hybridized carbons (Fsp3) is 0.158. The molecule has 0 bridgehead atoms. The van der Waals surface area contributed by atoms with Crippen LogP contribution in [0.3, 0.4) is 0 Å². The van der Waals surface area contributed by atoms with E-state index in [1.165, 1.54) is 0 Å². The molecule has 0 aliphatic carbocycles. The number of ether oxygens (including phenoxy) is 1. The Kier molecular flexibility index (Phi) is 4.38. The standard InChI is InChI=1S/C19H16ClN3O2S/c1-23-18-14-9-11(20)3-8-16(14)26-10-15(18)17(22-23)19(24)21-12-4-6-13(25-2)7-5-12/h3-9H,10H2,1-2H3,(H,21,24). The summed E-state index contributed by atoms with van der Waals surface area (Å²) in [6.45, 7) is 0. The molecule has 2 aromatic carbocycles.